The molecule has 11 heteroatoms. The van der Waals surface area contributed by atoms with Gasteiger partial charge in [0.05, 0.1) is 24.4 Å². The molecule has 0 bridgehead atoms. The van der Waals surface area contributed by atoms with E-state index in [9.17, 15) is 9.59 Å². The van der Waals surface area contributed by atoms with Gasteiger partial charge >= 0.3 is 11.9 Å². The van der Waals surface area contributed by atoms with Gasteiger partial charge in [-0.1, -0.05) is 12.1 Å². The van der Waals surface area contributed by atoms with Crippen LogP contribution in [0.25, 0.3) is 11.0 Å². The molecule has 2 aliphatic heterocycles. The Bertz CT molecular complexity index is 1250. The van der Waals surface area contributed by atoms with Gasteiger partial charge in [-0.25, -0.2) is 9.59 Å². The van der Waals surface area contributed by atoms with Gasteiger partial charge in [0.25, 0.3) is 0 Å². The first kappa shape index (κ1) is 29.3. The molecule has 1 atom stereocenters. The fraction of sp³-hybridized carbons (Fsp3) is 0.357. The number of nitrogens with zero attached hydrogens (tertiary/aromatic N) is 1. The van der Waals surface area contributed by atoms with E-state index in [2.05, 4.69) is 22.3 Å². The lowest BCUT2D eigenvalue weighted by atomic mass is 9.96. The lowest BCUT2D eigenvalue weighted by Gasteiger charge is -2.34. The largest absolute Gasteiger partial charge is 0.495 e. The summed E-state index contributed by atoms with van der Waals surface area (Å²) in [5.74, 6) is 0.706. The topological polar surface area (TPSA) is 162 Å². The molecule has 3 aromatic rings. The molecule has 0 spiro atoms. The summed E-state index contributed by atoms with van der Waals surface area (Å²) in [6.07, 6.45) is 5.15. The van der Waals surface area contributed by atoms with E-state index >= 15 is 0 Å². The third-order valence-corrected chi connectivity index (χ3v) is 6.47. The van der Waals surface area contributed by atoms with Crippen molar-refractivity contribution in [2.75, 3.05) is 44.8 Å². The average Bonchev–Trinajstić information content (AvgIpc) is 3.42. The highest BCUT2D eigenvalue weighted by Gasteiger charge is 2.25. The second-order valence-electron chi connectivity index (χ2n) is 9.05. The van der Waals surface area contributed by atoms with E-state index in [-0.39, 0.29) is 11.6 Å². The molecule has 1 fully saturated rings. The number of nitrogens with one attached hydrogen (secondary N) is 1. The number of carboxylic acids is 2. The van der Waals surface area contributed by atoms with E-state index in [1.165, 1.54) is 18.5 Å². The molecule has 0 saturated carbocycles. The molecule has 0 aliphatic carbocycles. The van der Waals surface area contributed by atoms with E-state index in [1.807, 2.05) is 30.3 Å². The Balaban J connectivity index is 0.000000410. The minimum atomic E-state index is -1.26. The highest BCUT2D eigenvalue weighted by Crippen LogP contribution is 2.39. The fourth-order valence-electron chi connectivity index (χ4n) is 4.58. The van der Waals surface area contributed by atoms with Crippen LogP contribution in [0.1, 0.15) is 12.8 Å². The molecule has 0 unspecified atom stereocenters. The molecule has 2 aromatic carbocycles. The number of carbonyl (C=O) groups is 2. The minimum absolute atomic E-state index is 0. The van der Waals surface area contributed by atoms with Crippen molar-refractivity contribution < 1.29 is 43.9 Å². The highest BCUT2D eigenvalue weighted by atomic mass is 16.6. The van der Waals surface area contributed by atoms with Gasteiger partial charge in [0.15, 0.2) is 11.5 Å². The Hall–Kier alpha value is -4.22. The van der Waals surface area contributed by atoms with Crippen LogP contribution in [0.3, 0.4) is 0 Å². The number of ether oxygens (including phenoxy) is 3. The molecule has 0 radical (unpaired) electrons. The molecular formula is C28H34N2O9. The highest BCUT2D eigenvalue weighted by molar-refractivity contribution is 5.89. The molecule has 210 valence electrons. The standard InChI is InChI=1S/C24H28N2O4.C4H4O4.H2O/c1-27-22-5-3-2-4-20(22)26-11-8-17(9-12-26)14-25-15-18-16-29-23-7-6-21-19(10-13-28-21)24(23)30-18;5-3(6)1-2-4(7)8;/h2-7,10,13,17-18,25H,8-9,11-12,14-16H2,1H3;1-2H,(H,5,6)(H,7,8);1H2/t18-;;/m0../s1. The number of methoxy groups -OCH3 is 1. The van der Waals surface area contributed by atoms with Crippen LogP contribution in [0, 0.1) is 5.92 Å². The van der Waals surface area contributed by atoms with Gasteiger partial charge < -0.3 is 44.5 Å². The lowest BCUT2D eigenvalue weighted by molar-refractivity contribution is -0.134. The van der Waals surface area contributed by atoms with Gasteiger partial charge in [0.1, 0.15) is 24.0 Å². The maximum absolute atomic E-state index is 9.55. The Kier molecular flexibility index (Phi) is 10.6. The van der Waals surface area contributed by atoms with Gasteiger partial charge in [-0.05, 0) is 55.6 Å². The molecule has 1 aromatic heterocycles. The summed E-state index contributed by atoms with van der Waals surface area (Å²) < 4.78 is 23.1. The zero-order valence-corrected chi connectivity index (χ0v) is 21.7. The molecule has 5 N–H and O–H groups in total. The molecule has 1 saturated heterocycles. The maximum atomic E-state index is 9.55. The van der Waals surface area contributed by atoms with Crippen molar-refractivity contribution in [2.45, 2.75) is 18.9 Å². The van der Waals surface area contributed by atoms with Crippen molar-refractivity contribution in [3.8, 4) is 17.2 Å². The number of hydrogen-bond donors (Lipinski definition) is 3. The predicted octanol–water partition coefficient (Wildman–Crippen LogP) is 2.97. The summed E-state index contributed by atoms with van der Waals surface area (Å²) in [6.45, 7) is 4.46. The Morgan fingerprint density at radius 2 is 1.77 bits per heavy atom. The summed E-state index contributed by atoms with van der Waals surface area (Å²) in [5.41, 5.74) is 2.02. The fourth-order valence-corrected chi connectivity index (χ4v) is 4.58. The van der Waals surface area contributed by atoms with Gasteiger partial charge in [0.2, 0.25) is 0 Å². The van der Waals surface area contributed by atoms with Crippen LogP contribution in [0.4, 0.5) is 5.69 Å². The van der Waals surface area contributed by atoms with Crippen molar-refractivity contribution in [2.24, 2.45) is 5.92 Å². The zero-order chi connectivity index (χ0) is 26.9. The van der Waals surface area contributed by atoms with E-state index in [1.54, 1.807) is 13.4 Å². The number of piperidine rings is 1. The summed E-state index contributed by atoms with van der Waals surface area (Å²) >= 11 is 0. The van der Waals surface area contributed by atoms with E-state index in [0.29, 0.717) is 24.7 Å². The van der Waals surface area contributed by atoms with Crippen LogP contribution in [0.5, 0.6) is 17.2 Å². The van der Waals surface area contributed by atoms with Gasteiger partial charge in [-0.3, -0.25) is 0 Å². The second kappa shape index (κ2) is 14.1. The van der Waals surface area contributed by atoms with Crippen molar-refractivity contribution in [3.63, 3.8) is 0 Å². The first-order chi connectivity index (χ1) is 18.4. The van der Waals surface area contributed by atoms with Crippen LogP contribution in [0.15, 0.2) is 65.3 Å². The van der Waals surface area contributed by atoms with Crippen LogP contribution < -0.4 is 24.4 Å². The van der Waals surface area contributed by atoms with E-state index in [0.717, 1.165) is 54.4 Å². The van der Waals surface area contributed by atoms with E-state index in [4.69, 9.17) is 28.8 Å². The number of benzene rings is 2. The number of carboxylic acid groups (broad SMARTS) is 2. The third kappa shape index (κ3) is 7.88. The van der Waals surface area contributed by atoms with Gasteiger partial charge in [-0.2, -0.15) is 0 Å². The number of furan rings is 1. The summed E-state index contributed by atoms with van der Waals surface area (Å²) in [6, 6.07) is 14.0. The molecule has 3 heterocycles. The Morgan fingerprint density at radius 3 is 2.46 bits per heavy atom. The van der Waals surface area contributed by atoms with Crippen LogP contribution in [-0.4, -0.2) is 73.6 Å². The monoisotopic (exact) mass is 542 g/mol. The van der Waals surface area contributed by atoms with Crippen LogP contribution >= 0.6 is 0 Å². The van der Waals surface area contributed by atoms with Crippen molar-refractivity contribution in [1.82, 2.24) is 5.32 Å². The van der Waals surface area contributed by atoms with Crippen LogP contribution in [-0.2, 0) is 9.59 Å². The first-order valence-corrected chi connectivity index (χ1v) is 12.5. The second-order valence-corrected chi connectivity index (χ2v) is 9.05. The van der Waals surface area contributed by atoms with Crippen molar-refractivity contribution in [1.29, 1.82) is 0 Å². The van der Waals surface area contributed by atoms with Crippen LogP contribution in [0.2, 0.25) is 0 Å². The summed E-state index contributed by atoms with van der Waals surface area (Å²) in [5, 5.41) is 20.2. The number of aliphatic carboxylic acids is 2. The Morgan fingerprint density at radius 1 is 1.05 bits per heavy atom. The molecular weight excluding hydrogens is 508 g/mol. The van der Waals surface area contributed by atoms with E-state index < -0.39 is 11.9 Å². The van der Waals surface area contributed by atoms with Gasteiger partial charge in [-0.15, -0.1) is 0 Å². The Labute approximate surface area is 225 Å². The zero-order valence-electron chi connectivity index (χ0n) is 21.7. The third-order valence-electron chi connectivity index (χ3n) is 6.47. The lowest BCUT2D eigenvalue weighted by Crippen LogP contribution is -2.42. The average molecular weight is 543 g/mol. The molecule has 11 nitrogen and oxygen atoms in total. The smallest absolute Gasteiger partial charge is 0.328 e. The minimum Gasteiger partial charge on any atom is -0.495 e. The van der Waals surface area contributed by atoms with Crippen molar-refractivity contribution in [3.05, 3.63) is 60.9 Å². The van der Waals surface area contributed by atoms with Gasteiger partial charge in [0, 0.05) is 31.8 Å². The predicted molar refractivity (Wildman–Crippen MR) is 145 cm³/mol. The number of anilines is 1. The molecule has 0 amide bonds. The number of para-hydroxylation sites is 2. The number of fused-ring (bicyclic) bond motifs is 3. The molecule has 5 rings (SSSR count). The SMILES string of the molecule is COc1ccccc1N1CCC(CNC[C@H]2COc3ccc4occc4c3O2)CC1.O.O=C(O)C=CC(=O)O. The summed E-state index contributed by atoms with van der Waals surface area (Å²) in [7, 11) is 1.74. The normalized spacial score (nSPS) is 16.7. The number of rotatable bonds is 8. The number of hydrogen-bond acceptors (Lipinski definition) is 8. The molecule has 2 aliphatic rings. The maximum Gasteiger partial charge on any atom is 0.328 e. The quantitative estimate of drug-likeness (QED) is 0.361. The first-order valence-electron chi connectivity index (χ1n) is 12.5. The summed E-state index contributed by atoms with van der Waals surface area (Å²) in [4.78, 5) is 21.5. The van der Waals surface area contributed by atoms with Crippen molar-refractivity contribution >= 4 is 28.6 Å². The molecule has 39 heavy (non-hydrogen) atoms.